The molecule has 252 valence electrons. The van der Waals surface area contributed by atoms with Gasteiger partial charge in [-0.3, -0.25) is 24.4 Å². The Morgan fingerprint density at radius 3 is 2.44 bits per heavy atom. The number of ether oxygens (including phenoxy) is 3. The first kappa shape index (κ1) is 32.3. The minimum atomic E-state index is -0.614. The summed E-state index contributed by atoms with van der Waals surface area (Å²) in [6.07, 6.45) is 1.86. The quantitative estimate of drug-likeness (QED) is 0.128. The Morgan fingerprint density at radius 1 is 1.00 bits per heavy atom. The molecular formula is C32H38N10O6. The van der Waals surface area contributed by atoms with Gasteiger partial charge in [0.2, 0.25) is 23.7 Å². The van der Waals surface area contributed by atoms with Gasteiger partial charge in [0.15, 0.2) is 0 Å². The number of nitrogens with one attached hydrogen (secondary N) is 1. The molecule has 0 radical (unpaired) electrons. The first-order valence-electron chi connectivity index (χ1n) is 15.6. The summed E-state index contributed by atoms with van der Waals surface area (Å²) in [5.41, 5.74) is 21.4. The van der Waals surface area contributed by atoms with Crippen molar-refractivity contribution in [2.24, 2.45) is 11.5 Å². The monoisotopic (exact) mass is 658 g/mol. The van der Waals surface area contributed by atoms with Crippen molar-refractivity contribution in [2.45, 2.75) is 52.2 Å². The molecule has 0 unspecified atom stereocenters. The average Bonchev–Trinajstić information content (AvgIpc) is 3.72. The van der Waals surface area contributed by atoms with Gasteiger partial charge < -0.3 is 40.5 Å². The van der Waals surface area contributed by atoms with Crippen LogP contribution in [0.25, 0.3) is 22.1 Å². The maximum atomic E-state index is 13.5. The summed E-state index contributed by atoms with van der Waals surface area (Å²) >= 11 is 0. The van der Waals surface area contributed by atoms with Gasteiger partial charge in [-0.25, -0.2) is 9.97 Å². The number of aryl methyl sites for hydroxylation is 3. The molecule has 16 heteroatoms. The van der Waals surface area contributed by atoms with Gasteiger partial charge in [-0.2, -0.15) is 5.10 Å². The number of fused-ring (bicyclic) bond motifs is 1. The van der Waals surface area contributed by atoms with Gasteiger partial charge in [0, 0.05) is 44.4 Å². The Bertz CT molecular complexity index is 2040. The number of benzene rings is 2. The predicted molar refractivity (Wildman–Crippen MR) is 177 cm³/mol. The van der Waals surface area contributed by atoms with E-state index in [1.807, 2.05) is 23.0 Å². The van der Waals surface area contributed by atoms with E-state index < -0.39 is 11.8 Å². The van der Waals surface area contributed by atoms with Crippen LogP contribution in [0.3, 0.4) is 0 Å². The summed E-state index contributed by atoms with van der Waals surface area (Å²) in [6.45, 7) is 5.84. The number of nitrogens with two attached hydrogens (primary N) is 3. The van der Waals surface area contributed by atoms with Gasteiger partial charge in [-0.1, -0.05) is 0 Å². The Hall–Kier alpha value is -5.64. The first-order valence-corrected chi connectivity index (χ1v) is 15.6. The number of amides is 3. The molecule has 48 heavy (non-hydrogen) atoms. The molecule has 6 rings (SSSR count). The van der Waals surface area contributed by atoms with E-state index in [-0.39, 0.29) is 35.6 Å². The fourth-order valence-corrected chi connectivity index (χ4v) is 6.10. The third kappa shape index (κ3) is 6.09. The zero-order valence-electron chi connectivity index (χ0n) is 27.0. The van der Waals surface area contributed by atoms with Crippen molar-refractivity contribution in [3.05, 3.63) is 52.8 Å². The van der Waals surface area contributed by atoms with Crippen molar-refractivity contribution in [3.8, 4) is 11.5 Å². The van der Waals surface area contributed by atoms with Crippen LogP contribution >= 0.6 is 0 Å². The lowest BCUT2D eigenvalue weighted by Crippen LogP contribution is -2.26. The Balaban J connectivity index is 1.30. The minimum Gasteiger partial charge on any atom is -0.491 e. The minimum absolute atomic E-state index is 0.239. The molecule has 0 saturated heterocycles. The van der Waals surface area contributed by atoms with E-state index >= 15 is 0 Å². The summed E-state index contributed by atoms with van der Waals surface area (Å²) in [5, 5.41) is 7.35. The molecule has 0 spiro atoms. The molecule has 7 N–H and O–H groups in total. The second-order valence-electron chi connectivity index (χ2n) is 11.6. The number of hydrogen-bond acceptors (Lipinski definition) is 10. The van der Waals surface area contributed by atoms with E-state index in [1.54, 1.807) is 42.1 Å². The van der Waals surface area contributed by atoms with Gasteiger partial charge in [-0.15, -0.1) is 0 Å². The van der Waals surface area contributed by atoms with Crippen LogP contribution in [0.15, 0.2) is 30.3 Å². The molecule has 3 aromatic heterocycles. The number of imidazole rings is 2. The van der Waals surface area contributed by atoms with Crippen LogP contribution in [-0.4, -0.2) is 73.5 Å². The molecule has 1 aliphatic rings. The highest BCUT2D eigenvalue weighted by Crippen LogP contribution is 2.39. The lowest BCUT2D eigenvalue weighted by Gasteiger charge is -2.27. The third-order valence-corrected chi connectivity index (χ3v) is 8.28. The zero-order chi connectivity index (χ0) is 34.1. The average molecular weight is 659 g/mol. The van der Waals surface area contributed by atoms with Crippen LogP contribution in [0.1, 0.15) is 69.1 Å². The summed E-state index contributed by atoms with van der Waals surface area (Å²) in [4.78, 5) is 46.8. The van der Waals surface area contributed by atoms with Gasteiger partial charge in [0.1, 0.15) is 34.8 Å². The molecule has 0 aliphatic carbocycles. The van der Waals surface area contributed by atoms with Gasteiger partial charge in [-0.05, 0) is 57.0 Å². The van der Waals surface area contributed by atoms with E-state index in [1.165, 1.54) is 0 Å². The fraction of sp³-hybridized carbons (Fsp3) is 0.375. The van der Waals surface area contributed by atoms with E-state index in [2.05, 4.69) is 15.4 Å². The SMILES string of the molecule is CCn1nc(C)cc1C(=O)Nc1nc2cc(C(N)=O)cc3c2n1[C@H](CCCn1c(N)nc2cc(C(N)=O)cc(OCCCOC)c21)CO3. The second kappa shape index (κ2) is 13.2. The molecule has 0 bridgehead atoms. The number of hydrogen-bond donors (Lipinski definition) is 4. The highest BCUT2D eigenvalue weighted by atomic mass is 16.5. The number of carbonyl (C=O) groups excluding carboxylic acids is 3. The number of aromatic nitrogens is 6. The number of primary amides is 2. The van der Waals surface area contributed by atoms with E-state index in [4.69, 9.17) is 36.4 Å². The molecule has 5 aromatic rings. The van der Waals surface area contributed by atoms with Crippen LogP contribution in [0.4, 0.5) is 11.9 Å². The fourth-order valence-electron chi connectivity index (χ4n) is 6.10. The van der Waals surface area contributed by atoms with Crippen molar-refractivity contribution in [1.29, 1.82) is 0 Å². The number of nitrogen functional groups attached to an aromatic ring is 1. The van der Waals surface area contributed by atoms with Crippen LogP contribution in [0.2, 0.25) is 0 Å². The molecule has 4 heterocycles. The topological polar surface area (TPSA) is 222 Å². The largest absolute Gasteiger partial charge is 0.491 e. The standard InChI is InChI=1S/C32H38N10O6/c1-4-41-23(11-17(2)39-41)30(45)38-32-37-22-13-19(29(34)44)15-25-27(22)42(32)20(16-48-25)7-5-8-40-26-21(36-31(40)35)12-18(28(33)43)14-24(26)47-10-6-9-46-3/h11-15,20H,4-10,16H2,1-3H3,(H2,33,43)(H2,34,44)(H2,35,36)(H,37,38,45)/t20-/m1/s1. The first-order chi connectivity index (χ1) is 23.1. The smallest absolute Gasteiger partial charge is 0.276 e. The number of anilines is 2. The lowest BCUT2D eigenvalue weighted by molar-refractivity contribution is 0.0991. The zero-order valence-corrected chi connectivity index (χ0v) is 27.0. The molecular weight excluding hydrogens is 620 g/mol. The van der Waals surface area contributed by atoms with Gasteiger partial charge >= 0.3 is 0 Å². The second-order valence-corrected chi connectivity index (χ2v) is 11.6. The van der Waals surface area contributed by atoms with Crippen LogP contribution in [-0.2, 0) is 17.8 Å². The van der Waals surface area contributed by atoms with Crippen LogP contribution in [0, 0.1) is 6.92 Å². The molecule has 1 aliphatic heterocycles. The van der Waals surface area contributed by atoms with Gasteiger partial charge in [0.05, 0.1) is 29.4 Å². The molecule has 0 fully saturated rings. The van der Waals surface area contributed by atoms with Crippen molar-refractivity contribution in [2.75, 3.05) is 38.0 Å². The number of carbonyl (C=O) groups is 3. The van der Waals surface area contributed by atoms with E-state index in [0.29, 0.717) is 90.8 Å². The van der Waals surface area contributed by atoms with Gasteiger partial charge in [0.25, 0.3) is 5.91 Å². The molecule has 1 atom stereocenters. The summed E-state index contributed by atoms with van der Waals surface area (Å²) < 4.78 is 22.7. The maximum Gasteiger partial charge on any atom is 0.276 e. The van der Waals surface area contributed by atoms with Crippen molar-refractivity contribution in [1.82, 2.24) is 28.9 Å². The molecule has 16 nitrogen and oxygen atoms in total. The third-order valence-electron chi connectivity index (χ3n) is 8.28. The van der Waals surface area contributed by atoms with Crippen molar-refractivity contribution in [3.63, 3.8) is 0 Å². The number of rotatable bonds is 14. The maximum absolute atomic E-state index is 13.5. The molecule has 3 amide bonds. The van der Waals surface area contributed by atoms with Crippen LogP contribution < -0.4 is 32.0 Å². The molecule has 0 saturated carbocycles. The highest BCUT2D eigenvalue weighted by Gasteiger charge is 2.30. The van der Waals surface area contributed by atoms with Crippen molar-refractivity contribution >= 4 is 51.7 Å². The normalized spacial score (nSPS) is 13.9. The van der Waals surface area contributed by atoms with E-state index in [0.717, 1.165) is 5.69 Å². The number of nitrogens with zero attached hydrogens (tertiary/aromatic N) is 6. The van der Waals surface area contributed by atoms with Crippen LogP contribution in [0.5, 0.6) is 11.5 Å². The Morgan fingerprint density at radius 2 is 1.73 bits per heavy atom. The highest BCUT2D eigenvalue weighted by molar-refractivity contribution is 6.04. The molecule has 2 aromatic carbocycles. The lowest BCUT2D eigenvalue weighted by atomic mass is 10.1. The summed E-state index contributed by atoms with van der Waals surface area (Å²) in [6, 6.07) is 7.86. The Labute approximate surface area is 275 Å². The summed E-state index contributed by atoms with van der Waals surface area (Å²) in [5.74, 6) is -0.107. The number of methoxy groups -OCH3 is 1. The summed E-state index contributed by atoms with van der Waals surface area (Å²) in [7, 11) is 1.62. The van der Waals surface area contributed by atoms with Crippen molar-refractivity contribution < 1.29 is 28.6 Å². The Kier molecular flexibility index (Phi) is 8.90. The predicted octanol–water partition coefficient (Wildman–Crippen LogP) is 2.77. The van der Waals surface area contributed by atoms with E-state index in [9.17, 15) is 14.4 Å².